The number of halogens is 2. The number of nitrogens with one attached hydrogen (secondary N) is 1. The van der Waals surface area contributed by atoms with Crippen molar-refractivity contribution in [3.8, 4) is 11.6 Å². The minimum absolute atomic E-state index is 0.0660. The first-order valence-corrected chi connectivity index (χ1v) is 7.74. The summed E-state index contributed by atoms with van der Waals surface area (Å²) in [6, 6.07) is 7.16. The second-order valence-corrected chi connectivity index (χ2v) is 5.69. The van der Waals surface area contributed by atoms with Gasteiger partial charge in [0.05, 0.1) is 22.6 Å². The van der Waals surface area contributed by atoms with E-state index in [2.05, 4.69) is 15.0 Å². The molecule has 0 saturated carbocycles. The summed E-state index contributed by atoms with van der Waals surface area (Å²) in [7, 11) is 0. The molecule has 6 nitrogen and oxygen atoms in total. The van der Waals surface area contributed by atoms with Gasteiger partial charge in [0.2, 0.25) is 5.88 Å². The fourth-order valence-electron chi connectivity index (χ4n) is 2.09. The predicted octanol–water partition coefficient (Wildman–Crippen LogP) is 3.54. The lowest BCUT2D eigenvalue weighted by Crippen LogP contribution is -2.18. The molecule has 2 aromatic heterocycles. The summed E-state index contributed by atoms with van der Waals surface area (Å²) in [5.41, 5.74) is 0.0683. The highest BCUT2D eigenvalue weighted by atomic mass is 35.5. The lowest BCUT2D eigenvalue weighted by Gasteiger charge is -2.11. The zero-order valence-electron chi connectivity index (χ0n) is 12.5. The fraction of sp³-hybridized carbons (Fsp3) is 0. The van der Waals surface area contributed by atoms with Crippen LogP contribution >= 0.6 is 23.8 Å². The number of rotatable bonds is 3. The Labute approximate surface area is 150 Å². The zero-order chi connectivity index (χ0) is 18.0. The van der Waals surface area contributed by atoms with Gasteiger partial charge in [-0.15, -0.1) is 0 Å². The van der Waals surface area contributed by atoms with Gasteiger partial charge in [0.25, 0.3) is 5.56 Å². The van der Waals surface area contributed by atoms with Crippen molar-refractivity contribution in [2.24, 2.45) is 4.99 Å². The Morgan fingerprint density at radius 3 is 2.88 bits per heavy atom. The van der Waals surface area contributed by atoms with E-state index in [4.69, 9.17) is 23.8 Å². The van der Waals surface area contributed by atoms with E-state index in [1.807, 2.05) is 0 Å². The topological polar surface area (TPSA) is 83.3 Å². The van der Waals surface area contributed by atoms with Gasteiger partial charge >= 0.3 is 0 Å². The second-order valence-electron chi connectivity index (χ2n) is 4.90. The maximum absolute atomic E-state index is 13.4. The molecule has 0 radical (unpaired) electrons. The van der Waals surface area contributed by atoms with E-state index in [0.717, 1.165) is 10.6 Å². The molecule has 3 rings (SSSR count). The van der Waals surface area contributed by atoms with Crippen molar-refractivity contribution >= 4 is 35.7 Å². The average molecular weight is 377 g/mol. The number of hydrogen-bond donors (Lipinski definition) is 2. The summed E-state index contributed by atoms with van der Waals surface area (Å²) in [5.74, 6) is -1.05. The molecule has 0 aliphatic heterocycles. The molecule has 0 atom stereocenters. The maximum Gasteiger partial charge on any atom is 0.264 e. The van der Waals surface area contributed by atoms with Crippen molar-refractivity contribution in [2.45, 2.75) is 0 Å². The third-order valence-electron chi connectivity index (χ3n) is 3.27. The molecule has 0 fully saturated rings. The monoisotopic (exact) mass is 376 g/mol. The van der Waals surface area contributed by atoms with Crippen LogP contribution in [0.3, 0.4) is 0 Å². The van der Waals surface area contributed by atoms with Crippen LogP contribution in [0.25, 0.3) is 5.69 Å². The van der Waals surface area contributed by atoms with E-state index >= 15 is 0 Å². The smallest absolute Gasteiger partial charge is 0.264 e. The quantitative estimate of drug-likeness (QED) is 0.541. The largest absolute Gasteiger partial charge is 0.494 e. The van der Waals surface area contributed by atoms with E-state index < -0.39 is 17.3 Å². The standard InChI is InChI=1S/C16H10ClFN4O2S/c17-12-6-10(3-4-13(12)18)22-15(24)11(14(23)21-16(22)25)8-20-9-2-1-5-19-7-9/h1-8,24H,(H,21,23,25). The van der Waals surface area contributed by atoms with Crippen molar-refractivity contribution in [3.63, 3.8) is 0 Å². The number of aromatic amines is 1. The molecule has 0 aliphatic carbocycles. The Bertz CT molecular complexity index is 1080. The van der Waals surface area contributed by atoms with Gasteiger partial charge < -0.3 is 5.11 Å². The van der Waals surface area contributed by atoms with Crippen LogP contribution in [0.15, 0.2) is 52.5 Å². The molecule has 3 aromatic rings. The summed E-state index contributed by atoms with van der Waals surface area (Å²) in [6.07, 6.45) is 4.28. The number of pyridine rings is 1. The van der Waals surface area contributed by atoms with Gasteiger partial charge in [0, 0.05) is 12.4 Å². The molecule has 126 valence electrons. The van der Waals surface area contributed by atoms with Crippen LogP contribution in [-0.4, -0.2) is 25.9 Å². The number of aromatic hydroxyl groups is 1. The number of nitrogens with zero attached hydrogens (tertiary/aromatic N) is 3. The van der Waals surface area contributed by atoms with Crippen LogP contribution in [-0.2, 0) is 0 Å². The molecular formula is C16H10ClFN4O2S. The number of benzene rings is 1. The third-order valence-corrected chi connectivity index (χ3v) is 3.85. The van der Waals surface area contributed by atoms with E-state index in [0.29, 0.717) is 11.4 Å². The highest BCUT2D eigenvalue weighted by Gasteiger charge is 2.13. The Kier molecular flexibility index (Phi) is 4.73. The average Bonchev–Trinajstić information content (AvgIpc) is 2.58. The SMILES string of the molecule is O=c1[nH]c(=S)n(-c2ccc(F)c(Cl)c2)c(O)c1C=Nc1cccnc1. The zero-order valence-corrected chi connectivity index (χ0v) is 14.1. The Morgan fingerprint density at radius 1 is 1.40 bits per heavy atom. The summed E-state index contributed by atoms with van der Waals surface area (Å²) in [6.45, 7) is 0. The molecule has 0 spiro atoms. The Hall–Kier alpha value is -2.84. The van der Waals surface area contributed by atoms with Crippen molar-refractivity contribution in [3.05, 3.63) is 74.3 Å². The van der Waals surface area contributed by atoms with Gasteiger partial charge in [-0.3, -0.25) is 24.3 Å². The molecule has 2 heterocycles. The second kappa shape index (κ2) is 6.96. The van der Waals surface area contributed by atoms with Crippen LogP contribution in [0.5, 0.6) is 5.88 Å². The first-order chi connectivity index (χ1) is 12.0. The van der Waals surface area contributed by atoms with Gasteiger partial charge in [-0.1, -0.05) is 11.6 Å². The molecule has 9 heteroatoms. The summed E-state index contributed by atoms with van der Waals surface area (Å²) < 4.78 is 14.4. The predicted molar refractivity (Wildman–Crippen MR) is 95.3 cm³/mol. The van der Waals surface area contributed by atoms with Gasteiger partial charge in [-0.2, -0.15) is 0 Å². The maximum atomic E-state index is 13.4. The molecule has 2 N–H and O–H groups in total. The van der Waals surface area contributed by atoms with Crippen molar-refractivity contribution in [1.82, 2.24) is 14.5 Å². The molecular weight excluding hydrogens is 367 g/mol. The highest BCUT2D eigenvalue weighted by Crippen LogP contribution is 2.23. The van der Waals surface area contributed by atoms with Gasteiger partial charge in [-0.25, -0.2) is 4.39 Å². The minimum Gasteiger partial charge on any atom is -0.494 e. The number of H-pyrrole nitrogens is 1. The molecule has 0 amide bonds. The van der Waals surface area contributed by atoms with Gasteiger partial charge in [0.1, 0.15) is 11.4 Å². The molecule has 0 unspecified atom stereocenters. The van der Waals surface area contributed by atoms with E-state index in [-0.39, 0.29) is 15.4 Å². The minimum atomic E-state index is -0.612. The Balaban J connectivity index is 2.15. The van der Waals surface area contributed by atoms with Crippen LogP contribution in [0.2, 0.25) is 5.02 Å². The van der Waals surface area contributed by atoms with Crippen LogP contribution in [0, 0.1) is 10.6 Å². The molecule has 25 heavy (non-hydrogen) atoms. The van der Waals surface area contributed by atoms with Crippen molar-refractivity contribution in [1.29, 1.82) is 0 Å². The molecule has 1 aromatic carbocycles. The first-order valence-electron chi connectivity index (χ1n) is 6.95. The van der Waals surface area contributed by atoms with Gasteiger partial charge in [-0.05, 0) is 42.5 Å². The summed E-state index contributed by atoms with van der Waals surface area (Å²) >= 11 is 10.8. The highest BCUT2D eigenvalue weighted by molar-refractivity contribution is 7.71. The number of aromatic nitrogens is 3. The summed E-state index contributed by atoms with van der Waals surface area (Å²) in [4.78, 5) is 22.5. The van der Waals surface area contributed by atoms with E-state index in [1.54, 1.807) is 18.3 Å². The summed E-state index contributed by atoms with van der Waals surface area (Å²) in [5, 5.41) is 10.3. The van der Waals surface area contributed by atoms with Crippen LogP contribution in [0.4, 0.5) is 10.1 Å². The third kappa shape index (κ3) is 3.49. The fourth-order valence-corrected chi connectivity index (χ4v) is 2.55. The van der Waals surface area contributed by atoms with Crippen molar-refractivity contribution in [2.75, 3.05) is 0 Å². The lowest BCUT2D eigenvalue weighted by atomic mass is 10.2. The number of hydrogen-bond acceptors (Lipinski definition) is 5. The van der Waals surface area contributed by atoms with E-state index in [1.165, 1.54) is 24.5 Å². The van der Waals surface area contributed by atoms with E-state index in [9.17, 15) is 14.3 Å². The Morgan fingerprint density at radius 2 is 2.20 bits per heavy atom. The molecule has 0 saturated heterocycles. The normalized spacial score (nSPS) is 11.1. The van der Waals surface area contributed by atoms with Crippen molar-refractivity contribution < 1.29 is 9.50 Å². The molecule has 0 aliphatic rings. The van der Waals surface area contributed by atoms with Crippen LogP contribution < -0.4 is 5.56 Å². The molecule has 0 bridgehead atoms. The lowest BCUT2D eigenvalue weighted by molar-refractivity contribution is 0.432. The first kappa shape index (κ1) is 17.0. The number of aliphatic imine (C=N–C) groups is 1. The van der Waals surface area contributed by atoms with Gasteiger partial charge in [0.15, 0.2) is 4.77 Å². The van der Waals surface area contributed by atoms with Crippen LogP contribution in [0.1, 0.15) is 5.56 Å².